The van der Waals surface area contributed by atoms with Gasteiger partial charge in [0.1, 0.15) is 0 Å². The molecule has 6 nitrogen and oxygen atoms in total. The van der Waals surface area contributed by atoms with Crippen LogP contribution in [0.4, 0.5) is 5.69 Å². The second-order valence-corrected chi connectivity index (χ2v) is 9.57. The Hall–Kier alpha value is -1.65. The van der Waals surface area contributed by atoms with Crippen molar-refractivity contribution in [2.75, 3.05) is 18.4 Å². The van der Waals surface area contributed by atoms with Crippen LogP contribution in [0.5, 0.6) is 0 Å². The van der Waals surface area contributed by atoms with E-state index in [-0.39, 0.29) is 24.0 Å². The summed E-state index contributed by atoms with van der Waals surface area (Å²) in [5, 5.41) is 3.07. The van der Waals surface area contributed by atoms with Gasteiger partial charge in [-0.05, 0) is 60.6 Å². The summed E-state index contributed by atoms with van der Waals surface area (Å²) in [4.78, 5) is 4.68. The van der Waals surface area contributed by atoms with Crippen molar-refractivity contribution < 1.29 is 8.42 Å². The molecule has 0 amide bonds. The van der Waals surface area contributed by atoms with Crippen molar-refractivity contribution in [3.05, 3.63) is 59.7 Å². The highest BCUT2D eigenvalue weighted by molar-refractivity contribution is 14.0. The molecule has 0 saturated carbocycles. The Balaban J connectivity index is 0.00000320. The number of piperidine rings is 1. The summed E-state index contributed by atoms with van der Waals surface area (Å²) >= 11 is 0. The molecule has 164 valence electrons. The maximum Gasteiger partial charge on any atom is 0.243 e. The summed E-state index contributed by atoms with van der Waals surface area (Å²) < 4.78 is 27.3. The van der Waals surface area contributed by atoms with E-state index >= 15 is 0 Å². The number of rotatable bonds is 6. The van der Waals surface area contributed by atoms with Crippen molar-refractivity contribution >= 4 is 45.6 Å². The highest BCUT2D eigenvalue weighted by atomic mass is 127. The van der Waals surface area contributed by atoms with Crippen LogP contribution in [-0.4, -0.2) is 31.8 Å². The van der Waals surface area contributed by atoms with Crippen molar-refractivity contribution in [3.8, 4) is 0 Å². The van der Waals surface area contributed by atoms with Gasteiger partial charge < -0.3 is 11.1 Å². The maximum absolute atomic E-state index is 12.8. The first-order valence-corrected chi connectivity index (χ1v) is 11.6. The molecular weight excluding hydrogens is 511 g/mol. The number of hydrogen-bond donors (Lipinski definition) is 2. The number of guanidine groups is 1. The van der Waals surface area contributed by atoms with E-state index in [1.54, 1.807) is 28.6 Å². The second-order valence-electron chi connectivity index (χ2n) is 7.63. The van der Waals surface area contributed by atoms with Gasteiger partial charge in [-0.25, -0.2) is 13.4 Å². The van der Waals surface area contributed by atoms with Crippen LogP contribution >= 0.6 is 24.0 Å². The highest BCUT2D eigenvalue weighted by Crippen LogP contribution is 2.23. The Labute approximate surface area is 197 Å². The Bertz CT molecular complexity index is 944. The summed E-state index contributed by atoms with van der Waals surface area (Å²) in [5.74, 6) is 0.731. The van der Waals surface area contributed by atoms with E-state index in [4.69, 9.17) is 5.73 Å². The first-order chi connectivity index (χ1) is 13.9. The molecule has 0 radical (unpaired) electrons. The fourth-order valence-electron chi connectivity index (χ4n) is 3.47. The number of halogens is 1. The quantitative estimate of drug-likeness (QED) is 0.325. The summed E-state index contributed by atoms with van der Waals surface area (Å²) in [6.07, 6.45) is 2.99. The third kappa shape index (κ3) is 6.42. The van der Waals surface area contributed by atoms with E-state index in [1.165, 1.54) is 5.56 Å². The van der Waals surface area contributed by atoms with E-state index < -0.39 is 10.0 Å². The smallest absolute Gasteiger partial charge is 0.243 e. The number of benzene rings is 2. The Morgan fingerprint density at radius 1 is 1.13 bits per heavy atom. The van der Waals surface area contributed by atoms with E-state index in [9.17, 15) is 8.42 Å². The molecule has 3 N–H and O–H groups in total. The van der Waals surface area contributed by atoms with Gasteiger partial charge in [-0.2, -0.15) is 4.31 Å². The molecule has 2 aromatic carbocycles. The molecule has 1 atom stereocenters. The standard InChI is InChI=1S/C22H30N4O2S.HI/c1-3-18-6-10-20(11-7-18)25-22(23)24-15-19-8-12-21(13-9-19)29(27,28)26-14-4-5-17(2)16-26;/h6-13,17H,3-5,14-16H2,1-2H3,(H3,23,24,25);1H. The molecule has 0 spiro atoms. The van der Waals surface area contributed by atoms with Gasteiger partial charge in [0.2, 0.25) is 10.0 Å². The van der Waals surface area contributed by atoms with Gasteiger partial charge >= 0.3 is 0 Å². The van der Waals surface area contributed by atoms with Crippen LogP contribution in [0.3, 0.4) is 0 Å². The van der Waals surface area contributed by atoms with Crippen LogP contribution in [0, 0.1) is 5.92 Å². The van der Waals surface area contributed by atoms with E-state index in [0.717, 1.165) is 30.5 Å². The highest BCUT2D eigenvalue weighted by Gasteiger charge is 2.28. The van der Waals surface area contributed by atoms with Crippen LogP contribution in [0.1, 0.15) is 37.8 Å². The lowest BCUT2D eigenvalue weighted by Crippen LogP contribution is -2.39. The lowest BCUT2D eigenvalue weighted by molar-refractivity contribution is 0.281. The van der Waals surface area contributed by atoms with Crippen LogP contribution in [0.25, 0.3) is 0 Å². The summed E-state index contributed by atoms with van der Waals surface area (Å²) in [7, 11) is -3.43. The second kappa shape index (κ2) is 11.1. The molecule has 1 aliphatic rings. The molecule has 0 bridgehead atoms. The van der Waals surface area contributed by atoms with Crippen molar-refractivity contribution in [3.63, 3.8) is 0 Å². The fraction of sp³-hybridized carbons (Fsp3) is 0.409. The molecule has 2 aromatic rings. The van der Waals surface area contributed by atoms with Crippen LogP contribution in [0.15, 0.2) is 58.4 Å². The lowest BCUT2D eigenvalue weighted by atomic mass is 10.0. The number of hydrogen-bond acceptors (Lipinski definition) is 3. The van der Waals surface area contributed by atoms with Crippen molar-refractivity contribution in [1.29, 1.82) is 0 Å². The largest absolute Gasteiger partial charge is 0.370 e. The van der Waals surface area contributed by atoms with E-state index in [0.29, 0.717) is 36.4 Å². The molecule has 1 heterocycles. The number of sulfonamides is 1. The van der Waals surface area contributed by atoms with Gasteiger partial charge in [0, 0.05) is 18.8 Å². The van der Waals surface area contributed by atoms with Crippen LogP contribution in [-0.2, 0) is 23.0 Å². The average molecular weight is 542 g/mol. The molecule has 3 rings (SSSR count). The molecule has 8 heteroatoms. The van der Waals surface area contributed by atoms with Gasteiger partial charge in [0.25, 0.3) is 0 Å². The monoisotopic (exact) mass is 542 g/mol. The van der Waals surface area contributed by atoms with Crippen molar-refractivity contribution in [1.82, 2.24) is 4.31 Å². The van der Waals surface area contributed by atoms with Gasteiger partial charge in [-0.1, -0.05) is 38.1 Å². The lowest BCUT2D eigenvalue weighted by Gasteiger charge is -2.30. The number of aliphatic imine (C=N–C) groups is 1. The molecule has 1 saturated heterocycles. The molecular formula is C22H31IN4O2S. The van der Waals surface area contributed by atoms with Crippen LogP contribution in [0.2, 0.25) is 0 Å². The van der Waals surface area contributed by atoms with Gasteiger partial charge in [0.15, 0.2) is 5.96 Å². The predicted octanol–water partition coefficient (Wildman–Crippen LogP) is 4.21. The molecule has 1 aliphatic heterocycles. The first kappa shape index (κ1) is 24.6. The molecule has 0 aromatic heterocycles. The zero-order valence-corrected chi connectivity index (χ0v) is 20.7. The molecule has 30 heavy (non-hydrogen) atoms. The van der Waals surface area contributed by atoms with Crippen LogP contribution < -0.4 is 11.1 Å². The summed E-state index contributed by atoms with van der Waals surface area (Å²) in [6.45, 7) is 5.78. The third-order valence-electron chi connectivity index (χ3n) is 5.25. The minimum Gasteiger partial charge on any atom is -0.370 e. The fourth-order valence-corrected chi connectivity index (χ4v) is 5.07. The normalized spacial score (nSPS) is 17.9. The molecule has 1 fully saturated rings. The van der Waals surface area contributed by atoms with Gasteiger partial charge in [-0.3, -0.25) is 0 Å². The number of anilines is 1. The zero-order valence-electron chi connectivity index (χ0n) is 17.5. The maximum atomic E-state index is 12.8. The summed E-state index contributed by atoms with van der Waals surface area (Å²) in [5.41, 5.74) is 9.03. The number of nitrogens with one attached hydrogen (secondary N) is 1. The minimum absolute atomic E-state index is 0. The molecule has 1 unspecified atom stereocenters. The van der Waals surface area contributed by atoms with Gasteiger partial charge in [0.05, 0.1) is 11.4 Å². The summed E-state index contributed by atoms with van der Waals surface area (Å²) in [6, 6.07) is 15.0. The number of aryl methyl sites for hydroxylation is 1. The minimum atomic E-state index is -3.43. The number of nitrogens with zero attached hydrogens (tertiary/aromatic N) is 2. The van der Waals surface area contributed by atoms with Crippen molar-refractivity contribution in [2.45, 2.75) is 44.6 Å². The van der Waals surface area contributed by atoms with Crippen molar-refractivity contribution in [2.24, 2.45) is 16.6 Å². The topological polar surface area (TPSA) is 87.8 Å². The van der Waals surface area contributed by atoms with E-state index in [2.05, 4.69) is 36.3 Å². The Morgan fingerprint density at radius 3 is 2.37 bits per heavy atom. The first-order valence-electron chi connectivity index (χ1n) is 10.1. The average Bonchev–Trinajstić information content (AvgIpc) is 2.73. The molecule has 0 aliphatic carbocycles. The predicted molar refractivity (Wildman–Crippen MR) is 134 cm³/mol. The Kier molecular flexibility index (Phi) is 9.11. The number of nitrogens with two attached hydrogens (primary N) is 1. The van der Waals surface area contributed by atoms with Gasteiger partial charge in [-0.15, -0.1) is 24.0 Å². The zero-order chi connectivity index (χ0) is 20.9. The SMILES string of the molecule is CCc1ccc(NC(N)=NCc2ccc(S(=O)(=O)N3CCCC(C)C3)cc2)cc1.I. The third-order valence-corrected chi connectivity index (χ3v) is 7.13. The van der Waals surface area contributed by atoms with E-state index in [1.807, 2.05) is 12.1 Å². The Morgan fingerprint density at radius 2 is 1.77 bits per heavy atom.